The van der Waals surface area contributed by atoms with Gasteiger partial charge in [-0.15, -0.1) is 0 Å². The molecule has 2 aromatic heterocycles. The van der Waals surface area contributed by atoms with Crippen molar-refractivity contribution < 1.29 is 0 Å². The normalized spacial score (nSPS) is 10.7. The molecule has 0 saturated heterocycles. The van der Waals surface area contributed by atoms with E-state index < -0.39 is 0 Å². The molecule has 0 amide bonds. The van der Waals surface area contributed by atoms with Gasteiger partial charge in [-0.25, -0.2) is 4.98 Å². The molecule has 0 radical (unpaired) electrons. The standard InChI is InChI=1S/C13H13N5/c1-8(14)16-10-2-3-11-12(6-10)18-13(17-11)9-4-5-15-7-9/h2-7,15H,1H3,(H2,14,16)(H,17,18). The second kappa shape index (κ2) is 4.03. The molecule has 5 heteroatoms. The number of amidine groups is 1. The van der Waals surface area contributed by atoms with Gasteiger partial charge in [0, 0.05) is 23.6 Å². The number of aromatic nitrogens is 3. The number of hydrogen-bond donors (Lipinski definition) is 4. The lowest BCUT2D eigenvalue weighted by molar-refractivity contribution is 1.33. The Morgan fingerprint density at radius 1 is 1.33 bits per heavy atom. The van der Waals surface area contributed by atoms with E-state index in [1.165, 1.54) is 0 Å². The predicted octanol–water partition coefficient (Wildman–Crippen LogP) is 2.97. The summed E-state index contributed by atoms with van der Waals surface area (Å²) in [6.07, 6.45) is 3.77. The van der Waals surface area contributed by atoms with E-state index in [1.807, 2.05) is 36.7 Å². The first-order valence-corrected chi connectivity index (χ1v) is 5.67. The molecule has 4 N–H and O–H groups in total. The van der Waals surface area contributed by atoms with E-state index in [-0.39, 0.29) is 0 Å². The van der Waals surface area contributed by atoms with Crippen LogP contribution in [0, 0.1) is 5.41 Å². The lowest BCUT2D eigenvalue weighted by Crippen LogP contribution is -2.04. The summed E-state index contributed by atoms with van der Waals surface area (Å²) in [6, 6.07) is 7.78. The molecule has 3 aromatic rings. The molecule has 2 heterocycles. The second-order valence-corrected chi connectivity index (χ2v) is 4.17. The molecule has 0 bridgehead atoms. The van der Waals surface area contributed by atoms with Crippen molar-refractivity contribution in [2.75, 3.05) is 5.32 Å². The van der Waals surface area contributed by atoms with Gasteiger partial charge in [0.1, 0.15) is 5.82 Å². The van der Waals surface area contributed by atoms with Gasteiger partial charge in [-0.1, -0.05) is 0 Å². The molecule has 90 valence electrons. The van der Waals surface area contributed by atoms with Crippen LogP contribution in [0.15, 0.2) is 36.7 Å². The van der Waals surface area contributed by atoms with Crippen molar-refractivity contribution in [1.82, 2.24) is 15.0 Å². The third kappa shape index (κ3) is 1.86. The van der Waals surface area contributed by atoms with Gasteiger partial charge in [0.2, 0.25) is 0 Å². The summed E-state index contributed by atoms with van der Waals surface area (Å²) >= 11 is 0. The number of hydrogen-bond acceptors (Lipinski definition) is 2. The van der Waals surface area contributed by atoms with Crippen LogP contribution in [-0.2, 0) is 0 Å². The van der Waals surface area contributed by atoms with Gasteiger partial charge in [-0.2, -0.15) is 0 Å². The summed E-state index contributed by atoms with van der Waals surface area (Å²) in [7, 11) is 0. The molecular weight excluding hydrogens is 226 g/mol. The molecule has 0 aliphatic rings. The van der Waals surface area contributed by atoms with E-state index in [2.05, 4.69) is 20.3 Å². The number of anilines is 1. The maximum absolute atomic E-state index is 7.42. The largest absolute Gasteiger partial charge is 0.367 e. The molecule has 0 spiro atoms. The van der Waals surface area contributed by atoms with Gasteiger partial charge in [0.15, 0.2) is 0 Å². The van der Waals surface area contributed by atoms with Crippen molar-refractivity contribution in [1.29, 1.82) is 5.41 Å². The fourth-order valence-corrected chi connectivity index (χ4v) is 1.91. The van der Waals surface area contributed by atoms with Gasteiger partial charge in [-0.05, 0) is 31.2 Å². The average molecular weight is 239 g/mol. The quantitative estimate of drug-likeness (QED) is 0.409. The van der Waals surface area contributed by atoms with E-state index in [0.717, 1.165) is 28.1 Å². The Kier molecular flexibility index (Phi) is 2.37. The first-order chi connectivity index (χ1) is 8.72. The van der Waals surface area contributed by atoms with Crippen molar-refractivity contribution >= 4 is 22.6 Å². The zero-order chi connectivity index (χ0) is 12.5. The second-order valence-electron chi connectivity index (χ2n) is 4.17. The number of nitrogens with one attached hydrogen (secondary N) is 4. The van der Waals surface area contributed by atoms with Crippen LogP contribution >= 0.6 is 0 Å². The molecule has 1 aromatic carbocycles. The van der Waals surface area contributed by atoms with Crippen LogP contribution in [0.5, 0.6) is 0 Å². The van der Waals surface area contributed by atoms with Crippen molar-refractivity contribution in [2.45, 2.75) is 6.92 Å². The molecule has 0 fully saturated rings. The molecule has 3 rings (SSSR count). The third-order valence-electron chi connectivity index (χ3n) is 2.69. The molecule has 5 nitrogen and oxygen atoms in total. The Morgan fingerprint density at radius 2 is 2.22 bits per heavy atom. The number of aromatic amines is 2. The highest BCUT2D eigenvalue weighted by Gasteiger charge is 2.06. The van der Waals surface area contributed by atoms with Gasteiger partial charge < -0.3 is 15.3 Å². The van der Waals surface area contributed by atoms with Crippen molar-refractivity contribution in [2.24, 2.45) is 0 Å². The van der Waals surface area contributed by atoms with Gasteiger partial charge in [-0.3, -0.25) is 5.41 Å². The van der Waals surface area contributed by atoms with Crippen LogP contribution in [0.2, 0.25) is 0 Å². The van der Waals surface area contributed by atoms with E-state index in [9.17, 15) is 0 Å². The van der Waals surface area contributed by atoms with Crippen molar-refractivity contribution in [3.05, 3.63) is 36.7 Å². The highest BCUT2D eigenvalue weighted by Crippen LogP contribution is 2.22. The molecular formula is C13H13N5. The van der Waals surface area contributed by atoms with Crippen molar-refractivity contribution in [3.63, 3.8) is 0 Å². The fourth-order valence-electron chi connectivity index (χ4n) is 1.91. The highest BCUT2D eigenvalue weighted by molar-refractivity contribution is 5.93. The number of benzene rings is 1. The Labute approximate surface area is 104 Å². The Morgan fingerprint density at radius 3 is 2.94 bits per heavy atom. The molecule has 0 aliphatic heterocycles. The van der Waals surface area contributed by atoms with Crippen LogP contribution in [0.25, 0.3) is 22.4 Å². The maximum atomic E-state index is 7.42. The lowest BCUT2D eigenvalue weighted by Gasteiger charge is -2.02. The Balaban J connectivity index is 2.04. The van der Waals surface area contributed by atoms with Crippen LogP contribution in [0.3, 0.4) is 0 Å². The summed E-state index contributed by atoms with van der Waals surface area (Å²) in [5.74, 6) is 1.26. The molecule has 0 saturated carbocycles. The number of rotatable bonds is 2. The minimum absolute atomic E-state index is 0.416. The topological polar surface area (TPSA) is 80.3 Å². The zero-order valence-electron chi connectivity index (χ0n) is 9.91. The fraction of sp³-hybridized carbons (Fsp3) is 0.0769. The number of H-pyrrole nitrogens is 2. The third-order valence-corrected chi connectivity index (χ3v) is 2.69. The first kappa shape index (κ1) is 10.6. The lowest BCUT2D eigenvalue weighted by atomic mass is 10.3. The molecule has 0 atom stereocenters. The van der Waals surface area contributed by atoms with E-state index >= 15 is 0 Å². The number of nitrogens with zero attached hydrogens (tertiary/aromatic N) is 1. The van der Waals surface area contributed by atoms with Crippen LogP contribution < -0.4 is 5.32 Å². The first-order valence-electron chi connectivity index (χ1n) is 5.67. The minimum atomic E-state index is 0.416. The number of fused-ring (bicyclic) bond motifs is 1. The SMILES string of the molecule is CC(=N)Nc1ccc2nc(-c3cc[nH]c3)[nH]c2c1. The summed E-state index contributed by atoms with van der Waals surface area (Å²) in [4.78, 5) is 10.8. The van der Waals surface area contributed by atoms with Gasteiger partial charge in [0.05, 0.1) is 16.9 Å². The van der Waals surface area contributed by atoms with E-state index in [1.54, 1.807) is 6.92 Å². The summed E-state index contributed by atoms with van der Waals surface area (Å²) in [6.45, 7) is 1.71. The molecule has 18 heavy (non-hydrogen) atoms. The zero-order valence-corrected chi connectivity index (χ0v) is 9.91. The summed E-state index contributed by atoms with van der Waals surface area (Å²) < 4.78 is 0. The average Bonchev–Trinajstić information content (AvgIpc) is 2.95. The van der Waals surface area contributed by atoms with E-state index in [4.69, 9.17) is 5.41 Å². The monoisotopic (exact) mass is 239 g/mol. The smallest absolute Gasteiger partial charge is 0.140 e. The molecule has 0 aliphatic carbocycles. The van der Waals surface area contributed by atoms with Gasteiger partial charge in [0.25, 0.3) is 0 Å². The predicted molar refractivity (Wildman–Crippen MR) is 72.9 cm³/mol. The van der Waals surface area contributed by atoms with Crippen molar-refractivity contribution in [3.8, 4) is 11.4 Å². The van der Waals surface area contributed by atoms with Crippen LogP contribution in [0.1, 0.15) is 6.92 Å². The molecule has 0 unspecified atom stereocenters. The summed E-state index contributed by atoms with van der Waals surface area (Å²) in [5, 5.41) is 10.4. The van der Waals surface area contributed by atoms with Crippen LogP contribution in [0.4, 0.5) is 5.69 Å². The minimum Gasteiger partial charge on any atom is -0.367 e. The van der Waals surface area contributed by atoms with Gasteiger partial charge >= 0.3 is 0 Å². The summed E-state index contributed by atoms with van der Waals surface area (Å²) in [5.41, 5.74) is 3.79. The Bertz CT molecular complexity index is 693. The Hall–Kier alpha value is -2.56. The number of imidazole rings is 1. The van der Waals surface area contributed by atoms with Crippen LogP contribution in [-0.4, -0.2) is 20.8 Å². The highest BCUT2D eigenvalue weighted by atomic mass is 14.9. The van der Waals surface area contributed by atoms with E-state index in [0.29, 0.717) is 5.84 Å². The maximum Gasteiger partial charge on any atom is 0.140 e.